The number of furan rings is 1. The van der Waals surface area contributed by atoms with Crippen molar-refractivity contribution >= 4 is 54.6 Å². The van der Waals surface area contributed by atoms with Crippen molar-refractivity contribution in [1.82, 2.24) is 9.55 Å². The molecule has 0 saturated carbocycles. The molecule has 0 atom stereocenters. The number of rotatable bonds is 5. The van der Waals surface area contributed by atoms with Gasteiger partial charge in [-0.2, -0.15) is 4.57 Å². The molecule has 0 bridgehead atoms. The highest BCUT2D eigenvalue weighted by molar-refractivity contribution is 6.17. The maximum absolute atomic E-state index is 8.39. The first-order valence-corrected chi connectivity index (χ1v) is 17.8. The fourth-order valence-corrected chi connectivity index (χ4v) is 8.10. The van der Waals surface area contributed by atoms with Crippen LogP contribution in [0.2, 0.25) is 0 Å². The average Bonchev–Trinajstić information content (AvgIpc) is 3.66. The molecule has 0 spiro atoms. The standard InChI is InChI=1S/C47H42N3O/c1-27(2)35-23-32(31-15-9-8-10-16-31)24-36(28(3)4)45(35)50-42-20-14-13-19-41(42)49(7)47(50)44-29(5)21-22-34-39-25-38-33-17-11-12-18-40(33)48-30(6)37(38)26-43(39)51-46(34)44/h8-28H,1-7H3/q+1/i6D3. The Labute approximate surface area is 302 Å². The molecule has 0 radical (unpaired) electrons. The van der Waals surface area contributed by atoms with Crippen molar-refractivity contribution in [3.05, 3.63) is 138 Å². The molecule has 0 saturated heterocycles. The highest BCUT2D eigenvalue weighted by Crippen LogP contribution is 2.44. The molecule has 0 amide bonds. The minimum Gasteiger partial charge on any atom is -0.455 e. The summed E-state index contributed by atoms with van der Waals surface area (Å²) in [7, 11) is 2.15. The molecule has 0 unspecified atom stereocenters. The molecule has 4 heteroatoms. The van der Waals surface area contributed by atoms with E-state index in [4.69, 9.17) is 8.53 Å². The van der Waals surface area contributed by atoms with Crippen molar-refractivity contribution in [2.45, 2.75) is 53.3 Å². The van der Waals surface area contributed by atoms with Crippen LogP contribution in [-0.4, -0.2) is 9.55 Å². The zero-order valence-electron chi connectivity index (χ0n) is 32.9. The van der Waals surface area contributed by atoms with Gasteiger partial charge in [0.1, 0.15) is 16.8 Å². The van der Waals surface area contributed by atoms with Crippen molar-refractivity contribution in [2.75, 3.05) is 0 Å². The quantitative estimate of drug-likeness (QED) is 0.135. The van der Waals surface area contributed by atoms with E-state index in [9.17, 15) is 0 Å². The van der Waals surface area contributed by atoms with Crippen LogP contribution in [0.1, 0.15) is 66.0 Å². The van der Waals surface area contributed by atoms with Gasteiger partial charge in [-0.15, -0.1) is 0 Å². The molecule has 3 aromatic heterocycles. The van der Waals surface area contributed by atoms with Gasteiger partial charge in [-0.25, -0.2) is 4.57 Å². The van der Waals surface area contributed by atoms with Gasteiger partial charge in [0.25, 0.3) is 5.82 Å². The van der Waals surface area contributed by atoms with E-state index in [-0.39, 0.29) is 17.5 Å². The van der Waals surface area contributed by atoms with Gasteiger partial charge in [0.15, 0.2) is 16.6 Å². The number of nitrogens with zero attached hydrogens (tertiary/aromatic N) is 3. The van der Waals surface area contributed by atoms with Crippen LogP contribution < -0.4 is 4.57 Å². The molecule has 0 N–H and O–H groups in total. The van der Waals surface area contributed by atoms with Crippen molar-refractivity contribution < 1.29 is 13.1 Å². The van der Waals surface area contributed by atoms with Crippen molar-refractivity contribution in [1.29, 1.82) is 0 Å². The lowest BCUT2D eigenvalue weighted by atomic mass is 9.88. The highest BCUT2D eigenvalue weighted by atomic mass is 16.3. The predicted octanol–water partition coefficient (Wildman–Crippen LogP) is 12.3. The maximum Gasteiger partial charge on any atom is 0.299 e. The normalized spacial score (nSPS) is 13.3. The van der Waals surface area contributed by atoms with Crippen LogP contribution in [0.4, 0.5) is 0 Å². The van der Waals surface area contributed by atoms with Gasteiger partial charge in [-0.1, -0.05) is 100 Å². The largest absolute Gasteiger partial charge is 0.455 e. The molecular weight excluding hydrogens is 623 g/mol. The fraction of sp³-hybridized carbons (Fsp3) is 0.191. The topological polar surface area (TPSA) is 34.8 Å². The first-order valence-electron chi connectivity index (χ1n) is 19.3. The summed E-state index contributed by atoms with van der Waals surface area (Å²) in [5.41, 5.74) is 12.6. The summed E-state index contributed by atoms with van der Waals surface area (Å²) in [5.74, 6) is 1.51. The third-order valence-corrected chi connectivity index (χ3v) is 10.7. The van der Waals surface area contributed by atoms with Gasteiger partial charge in [0.05, 0.1) is 12.6 Å². The third kappa shape index (κ3) is 4.73. The van der Waals surface area contributed by atoms with Gasteiger partial charge in [0.2, 0.25) is 0 Å². The van der Waals surface area contributed by atoms with Crippen molar-refractivity contribution in [2.24, 2.45) is 7.05 Å². The Bertz CT molecular complexity index is 2920. The van der Waals surface area contributed by atoms with E-state index in [2.05, 4.69) is 141 Å². The average molecular weight is 668 g/mol. The minimum absolute atomic E-state index is 0.0860. The van der Waals surface area contributed by atoms with Crippen LogP contribution in [0, 0.1) is 13.8 Å². The van der Waals surface area contributed by atoms with E-state index in [1.807, 2.05) is 30.3 Å². The molecule has 9 rings (SSSR count). The Kier molecular flexibility index (Phi) is 6.41. The number of aromatic nitrogens is 3. The molecular formula is C47H42N3O+. The first kappa shape index (κ1) is 28.0. The third-order valence-electron chi connectivity index (χ3n) is 10.7. The Hall–Kier alpha value is -5.74. The summed E-state index contributed by atoms with van der Waals surface area (Å²) in [6.07, 6.45) is 0. The Morgan fingerprint density at radius 1 is 0.686 bits per heavy atom. The van der Waals surface area contributed by atoms with E-state index in [0.717, 1.165) is 55.1 Å². The number of benzene rings is 6. The lowest BCUT2D eigenvalue weighted by Gasteiger charge is -2.21. The molecule has 9 aromatic rings. The summed E-state index contributed by atoms with van der Waals surface area (Å²) in [4.78, 5) is 4.66. The summed E-state index contributed by atoms with van der Waals surface area (Å²) >= 11 is 0. The Balaban J connectivity index is 1.41. The summed E-state index contributed by atoms with van der Waals surface area (Å²) < 4.78 is 36.9. The Morgan fingerprint density at radius 2 is 1.39 bits per heavy atom. The van der Waals surface area contributed by atoms with Gasteiger partial charge < -0.3 is 4.42 Å². The van der Waals surface area contributed by atoms with Crippen molar-refractivity contribution in [3.8, 4) is 28.2 Å². The van der Waals surface area contributed by atoms with Crippen LogP contribution in [0.15, 0.2) is 120 Å². The van der Waals surface area contributed by atoms with Gasteiger partial charge >= 0.3 is 0 Å². The molecule has 0 aliphatic heterocycles. The first-order chi connectivity index (χ1) is 25.9. The summed E-state index contributed by atoms with van der Waals surface area (Å²) in [5, 5.41) is 4.27. The van der Waals surface area contributed by atoms with Crippen LogP contribution in [0.25, 0.3) is 82.8 Å². The fourth-order valence-electron chi connectivity index (χ4n) is 8.10. The maximum atomic E-state index is 8.39. The van der Waals surface area contributed by atoms with Crippen molar-refractivity contribution in [3.63, 3.8) is 0 Å². The predicted molar refractivity (Wildman–Crippen MR) is 213 cm³/mol. The number of para-hydroxylation sites is 3. The monoisotopic (exact) mass is 667 g/mol. The number of hydrogen-bond acceptors (Lipinski definition) is 2. The SMILES string of the molecule is [2H]C([2H])([2H])c1nc2ccccc2c2cc3c(cc12)oc1c(-c2n(-c4c(C(C)C)cc(-c5ccccc5)cc4C(C)C)c4ccccc4[n+]2C)c(C)ccc13. The molecule has 0 aliphatic rings. The molecule has 250 valence electrons. The van der Waals surface area contributed by atoms with Gasteiger partial charge in [0, 0.05) is 42.5 Å². The number of imidazole rings is 1. The molecule has 6 aromatic carbocycles. The second-order valence-corrected chi connectivity index (χ2v) is 14.5. The van der Waals surface area contributed by atoms with E-state index in [1.54, 1.807) is 0 Å². The number of hydrogen-bond donors (Lipinski definition) is 0. The van der Waals surface area contributed by atoms with E-state index >= 15 is 0 Å². The van der Waals surface area contributed by atoms with Crippen LogP contribution >= 0.6 is 0 Å². The molecule has 3 heterocycles. The Morgan fingerprint density at radius 3 is 2.14 bits per heavy atom. The number of aryl methyl sites for hydroxylation is 3. The molecule has 4 nitrogen and oxygen atoms in total. The number of pyridine rings is 1. The minimum atomic E-state index is -2.39. The molecule has 0 fully saturated rings. The second kappa shape index (κ2) is 11.7. The van der Waals surface area contributed by atoms with E-state index in [1.165, 1.54) is 27.9 Å². The van der Waals surface area contributed by atoms with Gasteiger partial charge in [-0.3, -0.25) is 4.98 Å². The number of fused-ring (bicyclic) bond motifs is 7. The van der Waals surface area contributed by atoms with E-state index in [0.29, 0.717) is 16.5 Å². The van der Waals surface area contributed by atoms with Gasteiger partial charge in [-0.05, 0) is 90.2 Å². The zero-order valence-corrected chi connectivity index (χ0v) is 29.9. The van der Waals surface area contributed by atoms with E-state index < -0.39 is 6.85 Å². The highest BCUT2D eigenvalue weighted by Gasteiger charge is 2.34. The second-order valence-electron chi connectivity index (χ2n) is 14.5. The molecule has 0 aliphatic carbocycles. The van der Waals surface area contributed by atoms with Crippen LogP contribution in [0.3, 0.4) is 0 Å². The zero-order chi connectivity index (χ0) is 37.6. The summed E-state index contributed by atoms with van der Waals surface area (Å²) in [6.45, 7) is 8.89. The van der Waals surface area contributed by atoms with Crippen LogP contribution in [-0.2, 0) is 7.05 Å². The smallest absolute Gasteiger partial charge is 0.299 e. The lowest BCUT2D eigenvalue weighted by Crippen LogP contribution is -2.30. The van der Waals surface area contributed by atoms with Crippen LogP contribution in [0.5, 0.6) is 0 Å². The summed E-state index contributed by atoms with van der Waals surface area (Å²) in [6, 6.07) is 40.1. The molecule has 51 heavy (non-hydrogen) atoms. The lowest BCUT2D eigenvalue weighted by molar-refractivity contribution is -0.633.